The number of fused-ring (bicyclic) bond motifs is 1. The molecule has 2 aromatic rings. The first-order valence-electron chi connectivity index (χ1n) is 12.0. The molecule has 6 heteroatoms. The summed E-state index contributed by atoms with van der Waals surface area (Å²) >= 11 is 0. The Morgan fingerprint density at radius 2 is 1.76 bits per heavy atom. The summed E-state index contributed by atoms with van der Waals surface area (Å²) in [6, 6.07) is 14.5. The molecule has 0 unspecified atom stereocenters. The maximum atomic E-state index is 13.3. The number of amides is 2. The van der Waals surface area contributed by atoms with Gasteiger partial charge in [-0.2, -0.15) is 0 Å². The number of hydrogen-bond donors (Lipinski definition) is 1. The Kier molecular flexibility index (Phi) is 7.33. The minimum absolute atomic E-state index is 0.0992. The highest BCUT2D eigenvalue weighted by Crippen LogP contribution is 2.35. The summed E-state index contributed by atoms with van der Waals surface area (Å²) < 4.78 is 5.23. The Morgan fingerprint density at radius 1 is 1.06 bits per heavy atom. The zero-order valence-electron chi connectivity index (χ0n) is 19.9. The number of methoxy groups -OCH3 is 1. The minimum atomic E-state index is -0.606. The van der Waals surface area contributed by atoms with Crippen LogP contribution in [0, 0.1) is 11.8 Å². The second-order valence-corrected chi connectivity index (χ2v) is 9.62. The van der Waals surface area contributed by atoms with Gasteiger partial charge < -0.3 is 19.9 Å². The SMILES string of the molecule is COc1ccc(CN2C(=O)c3ccccc3[C@@H]2C(=O)NCCCN2C[C@H](C)C[C@H](C)C2)cc1. The van der Waals surface area contributed by atoms with Gasteiger partial charge in [0, 0.05) is 31.7 Å². The number of nitrogens with one attached hydrogen (secondary N) is 1. The van der Waals surface area contributed by atoms with Gasteiger partial charge in [0.1, 0.15) is 11.8 Å². The molecule has 2 aliphatic rings. The van der Waals surface area contributed by atoms with Crippen molar-refractivity contribution in [3.8, 4) is 5.75 Å². The highest BCUT2D eigenvalue weighted by atomic mass is 16.5. The fourth-order valence-corrected chi connectivity index (χ4v) is 5.33. The van der Waals surface area contributed by atoms with Crippen LogP contribution >= 0.6 is 0 Å². The molecular formula is C27H35N3O3. The largest absolute Gasteiger partial charge is 0.497 e. The van der Waals surface area contributed by atoms with Crippen molar-refractivity contribution in [2.75, 3.05) is 33.3 Å². The minimum Gasteiger partial charge on any atom is -0.497 e. The Hall–Kier alpha value is -2.86. The zero-order chi connectivity index (χ0) is 23.4. The van der Waals surface area contributed by atoms with Crippen LogP contribution in [0.4, 0.5) is 0 Å². The van der Waals surface area contributed by atoms with Gasteiger partial charge in [-0.25, -0.2) is 0 Å². The predicted molar refractivity (Wildman–Crippen MR) is 129 cm³/mol. The van der Waals surface area contributed by atoms with Crippen LogP contribution in [-0.2, 0) is 11.3 Å². The smallest absolute Gasteiger partial charge is 0.255 e. The van der Waals surface area contributed by atoms with E-state index in [0.717, 1.165) is 54.8 Å². The van der Waals surface area contributed by atoms with Crippen LogP contribution in [0.3, 0.4) is 0 Å². The highest BCUT2D eigenvalue weighted by molar-refractivity contribution is 6.04. The molecule has 33 heavy (non-hydrogen) atoms. The molecular weight excluding hydrogens is 414 g/mol. The second kappa shape index (κ2) is 10.4. The number of ether oxygens (including phenoxy) is 1. The third-order valence-electron chi connectivity index (χ3n) is 6.71. The average molecular weight is 450 g/mol. The second-order valence-electron chi connectivity index (χ2n) is 9.62. The molecule has 0 spiro atoms. The summed E-state index contributed by atoms with van der Waals surface area (Å²) in [5, 5.41) is 3.10. The van der Waals surface area contributed by atoms with E-state index in [-0.39, 0.29) is 11.8 Å². The fourth-order valence-electron chi connectivity index (χ4n) is 5.33. The first-order valence-corrected chi connectivity index (χ1v) is 12.0. The molecule has 6 nitrogen and oxygen atoms in total. The third kappa shape index (κ3) is 5.38. The Morgan fingerprint density at radius 3 is 2.45 bits per heavy atom. The Bertz CT molecular complexity index is 965. The topological polar surface area (TPSA) is 61.9 Å². The maximum Gasteiger partial charge on any atom is 0.255 e. The maximum absolute atomic E-state index is 13.3. The third-order valence-corrected chi connectivity index (χ3v) is 6.71. The van der Waals surface area contributed by atoms with Crippen LogP contribution in [0.15, 0.2) is 48.5 Å². The number of carbonyl (C=O) groups is 2. The molecule has 2 aliphatic heterocycles. The van der Waals surface area contributed by atoms with Gasteiger partial charge in [-0.1, -0.05) is 44.2 Å². The lowest BCUT2D eigenvalue weighted by Gasteiger charge is -2.35. The van der Waals surface area contributed by atoms with Crippen LogP contribution in [-0.4, -0.2) is 54.9 Å². The van der Waals surface area contributed by atoms with E-state index < -0.39 is 6.04 Å². The van der Waals surface area contributed by atoms with E-state index in [0.29, 0.717) is 18.7 Å². The number of likely N-dealkylation sites (tertiary alicyclic amines) is 1. The monoisotopic (exact) mass is 449 g/mol. The lowest BCUT2D eigenvalue weighted by atomic mass is 9.92. The quantitative estimate of drug-likeness (QED) is 0.622. The van der Waals surface area contributed by atoms with Crippen LogP contribution < -0.4 is 10.1 Å². The lowest BCUT2D eigenvalue weighted by Crippen LogP contribution is -2.41. The van der Waals surface area contributed by atoms with Crippen LogP contribution in [0.5, 0.6) is 5.75 Å². The molecule has 2 heterocycles. The molecule has 4 rings (SSSR count). The summed E-state index contributed by atoms with van der Waals surface area (Å²) in [6.07, 6.45) is 2.21. The van der Waals surface area contributed by atoms with Crippen LogP contribution in [0.1, 0.15) is 54.2 Å². The van der Waals surface area contributed by atoms with Gasteiger partial charge in [0.15, 0.2) is 0 Å². The average Bonchev–Trinajstić information content (AvgIpc) is 3.08. The number of piperidine rings is 1. The predicted octanol–water partition coefficient (Wildman–Crippen LogP) is 3.88. The first kappa shape index (κ1) is 23.3. The molecule has 2 amide bonds. The molecule has 0 saturated carbocycles. The van der Waals surface area contributed by atoms with E-state index in [9.17, 15) is 9.59 Å². The summed E-state index contributed by atoms with van der Waals surface area (Å²) in [7, 11) is 1.63. The van der Waals surface area contributed by atoms with Gasteiger partial charge in [-0.3, -0.25) is 9.59 Å². The molecule has 1 fully saturated rings. The standard InChI is InChI=1S/C27H35N3O3/c1-19-15-20(2)17-29(16-19)14-6-13-28-26(31)25-23-7-4-5-8-24(23)27(32)30(25)18-21-9-11-22(33-3)12-10-21/h4-5,7-12,19-20,25H,6,13-18H2,1-3H3,(H,28,31)/t19-,20+,25-/m1/s1. The zero-order valence-corrected chi connectivity index (χ0v) is 19.9. The molecule has 0 aromatic heterocycles. The van der Waals surface area contributed by atoms with E-state index in [1.54, 1.807) is 12.0 Å². The molecule has 1 saturated heterocycles. The van der Waals surface area contributed by atoms with Crippen molar-refractivity contribution in [3.63, 3.8) is 0 Å². The molecule has 176 valence electrons. The molecule has 0 bridgehead atoms. The van der Waals surface area contributed by atoms with Gasteiger partial charge in [-0.15, -0.1) is 0 Å². The van der Waals surface area contributed by atoms with Gasteiger partial charge >= 0.3 is 0 Å². The van der Waals surface area contributed by atoms with Crippen molar-refractivity contribution < 1.29 is 14.3 Å². The van der Waals surface area contributed by atoms with E-state index in [4.69, 9.17) is 4.74 Å². The van der Waals surface area contributed by atoms with E-state index in [2.05, 4.69) is 24.1 Å². The first-order chi connectivity index (χ1) is 16.0. The van der Waals surface area contributed by atoms with Crippen molar-refractivity contribution in [2.24, 2.45) is 11.8 Å². The number of hydrogen-bond acceptors (Lipinski definition) is 4. The Labute approximate surface area is 196 Å². The number of rotatable bonds is 8. The summed E-state index contributed by atoms with van der Waals surface area (Å²) in [4.78, 5) is 30.6. The summed E-state index contributed by atoms with van der Waals surface area (Å²) in [5.41, 5.74) is 2.36. The van der Waals surface area contributed by atoms with E-state index in [1.807, 2.05) is 48.5 Å². The molecule has 0 radical (unpaired) electrons. The van der Waals surface area contributed by atoms with Gasteiger partial charge in [0.2, 0.25) is 5.91 Å². The van der Waals surface area contributed by atoms with Crippen LogP contribution in [0.2, 0.25) is 0 Å². The molecule has 3 atom stereocenters. The number of benzene rings is 2. The fraction of sp³-hybridized carbons (Fsp3) is 0.481. The van der Waals surface area contributed by atoms with Gasteiger partial charge in [-0.05, 0) is 60.5 Å². The van der Waals surface area contributed by atoms with Crippen molar-refractivity contribution in [3.05, 3.63) is 65.2 Å². The van der Waals surface area contributed by atoms with Gasteiger partial charge in [0.25, 0.3) is 5.91 Å². The number of carbonyl (C=O) groups excluding carboxylic acids is 2. The van der Waals surface area contributed by atoms with Gasteiger partial charge in [0.05, 0.1) is 7.11 Å². The van der Waals surface area contributed by atoms with Crippen molar-refractivity contribution in [1.82, 2.24) is 15.1 Å². The summed E-state index contributed by atoms with van der Waals surface area (Å²) in [5.74, 6) is 2.02. The van der Waals surface area contributed by atoms with Crippen molar-refractivity contribution >= 4 is 11.8 Å². The molecule has 2 aromatic carbocycles. The lowest BCUT2D eigenvalue weighted by molar-refractivity contribution is -0.125. The molecule has 0 aliphatic carbocycles. The highest BCUT2D eigenvalue weighted by Gasteiger charge is 2.40. The van der Waals surface area contributed by atoms with Crippen LogP contribution in [0.25, 0.3) is 0 Å². The Balaban J connectivity index is 1.40. The van der Waals surface area contributed by atoms with Crippen molar-refractivity contribution in [2.45, 2.75) is 39.3 Å². The van der Waals surface area contributed by atoms with Crippen molar-refractivity contribution in [1.29, 1.82) is 0 Å². The number of nitrogens with zero attached hydrogens (tertiary/aromatic N) is 2. The normalized spacial score (nSPS) is 22.8. The van der Waals surface area contributed by atoms with E-state index in [1.165, 1.54) is 6.42 Å². The summed E-state index contributed by atoms with van der Waals surface area (Å²) in [6.45, 7) is 8.88. The van der Waals surface area contributed by atoms with E-state index >= 15 is 0 Å². The molecule has 1 N–H and O–H groups in total.